The molecular weight excluding hydrogens is 230 g/mol. The first kappa shape index (κ1) is 10.9. The summed E-state index contributed by atoms with van der Waals surface area (Å²) in [5.74, 6) is -0.878. The Morgan fingerprint density at radius 1 is 1.00 bits per heavy atom. The van der Waals surface area contributed by atoms with Gasteiger partial charge in [0.15, 0.2) is 0 Å². The van der Waals surface area contributed by atoms with Crippen LogP contribution in [-0.4, -0.2) is 11.1 Å². The summed E-state index contributed by atoms with van der Waals surface area (Å²) in [7, 11) is 0. The van der Waals surface area contributed by atoms with Gasteiger partial charge in [0, 0.05) is 19.5 Å². The first-order valence-corrected chi connectivity index (χ1v) is 4.00. The van der Waals surface area contributed by atoms with Crippen molar-refractivity contribution >= 4 is 16.7 Å². The largest absolute Gasteiger partial charge is 0.478 e. The number of fused-ring (bicyclic) bond motifs is 1. The molecule has 2 aromatic rings. The molecule has 2 rings (SSSR count). The van der Waals surface area contributed by atoms with Crippen molar-refractivity contribution in [2.45, 2.75) is 0 Å². The smallest absolute Gasteiger partial charge is 0.336 e. The molecule has 1 N–H and O–H groups in total. The summed E-state index contributed by atoms with van der Waals surface area (Å²) in [6.07, 6.45) is 0. The van der Waals surface area contributed by atoms with E-state index in [9.17, 15) is 4.79 Å². The Morgan fingerprint density at radius 2 is 1.64 bits per heavy atom. The number of hydrogen-bond donors (Lipinski definition) is 1. The molecule has 0 aliphatic heterocycles. The Labute approximate surface area is 94.3 Å². The summed E-state index contributed by atoms with van der Waals surface area (Å²) in [6, 6.07) is 12.7. The quantitative estimate of drug-likeness (QED) is 0.774. The molecule has 0 radical (unpaired) electrons. The summed E-state index contributed by atoms with van der Waals surface area (Å²) in [4.78, 5) is 10.8. The Kier molecular flexibility index (Phi) is 3.37. The van der Waals surface area contributed by atoms with E-state index in [1.165, 1.54) is 0 Å². The fourth-order valence-corrected chi connectivity index (χ4v) is 1.41. The molecule has 0 unspecified atom stereocenters. The van der Waals surface area contributed by atoms with Crippen LogP contribution in [0.15, 0.2) is 42.5 Å². The van der Waals surface area contributed by atoms with E-state index in [1.54, 1.807) is 12.1 Å². The Hall–Kier alpha value is -1.21. The minimum atomic E-state index is -0.878. The van der Waals surface area contributed by atoms with E-state index in [2.05, 4.69) is 0 Å². The van der Waals surface area contributed by atoms with Gasteiger partial charge in [-0.1, -0.05) is 36.4 Å². The van der Waals surface area contributed by atoms with Gasteiger partial charge in [-0.05, 0) is 16.8 Å². The van der Waals surface area contributed by atoms with Crippen LogP contribution in [0.5, 0.6) is 0 Å². The minimum Gasteiger partial charge on any atom is -0.478 e. The van der Waals surface area contributed by atoms with E-state index < -0.39 is 5.97 Å². The van der Waals surface area contributed by atoms with E-state index in [0.717, 1.165) is 10.8 Å². The maximum atomic E-state index is 10.8. The first-order chi connectivity index (χ1) is 6.29. The third-order valence-electron chi connectivity index (χ3n) is 2.02. The van der Waals surface area contributed by atoms with Crippen molar-refractivity contribution in [1.29, 1.82) is 0 Å². The van der Waals surface area contributed by atoms with Crippen LogP contribution in [0.2, 0.25) is 0 Å². The molecule has 0 aromatic heterocycles. The van der Waals surface area contributed by atoms with Crippen LogP contribution in [0.3, 0.4) is 0 Å². The number of rotatable bonds is 1. The number of carbonyl (C=O) groups is 1. The van der Waals surface area contributed by atoms with Crippen molar-refractivity contribution in [3.05, 3.63) is 48.0 Å². The molecule has 0 amide bonds. The molecular formula is C11H8O2Zn. The van der Waals surface area contributed by atoms with Gasteiger partial charge in [0.25, 0.3) is 0 Å². The van der Waals surface area contributed by atoms with Gasteiger partial charge < -0.3 is 5.11 Å². The summed E-state index contributed by atoms with van der Waals surface area (Å²) in [6.45, 7) is 0. The molecule has 0 saturated carbocycles. The Morgan fingerprint density at radius 3 is 2.36 bits per heavy atom. The maximum absolute atomic E-state index is 10.8. The molecule has 14 heavy (non-hydrogen) atoms. The number of benzene rings is 2. The van der Waals surface area contributed by atoms with Gasteiger partial charge >= 0.3 is 5.97 Å². The zero-order valence-corrected chi connectivity index (χ0v) is 10.6. The van der Waals surface area contributed by atoms with Gasteiger partial charge in [-0.2, -0.15) is 0 Å². The molecule has 0 saturated heterocycles. The van der Waals surface area contributed by atoms with Crippen LogP contribution >= 0.6 is 0 Å². The van der Waals surface area contributed by atoms with Crippen molar-refractivity contribution in [2.24, 2.45) is 0 Å². The predicted octanol–water partition coefficient (Wildman–Crippen LogP) is 2.54. The number of carboxylic acid groups (broad SMARTS) is 1. The average molecular weight is 238 g/mol. The molecule has 0 aliphatic rings. The SMILES string of the molecule is O=C(O)c1cccc2ccccc12.[Zn]. The van der Waals surface area contributed by atoms with Crippen molar-refractivity contribution in [1.82, 2.24) is 0 Å². The van der Waals surface area contributed by atoms with Gasteiger partial charge in [0.2, 0.25) is 0 Å². The third-order valence-corrected chi connectivity index (χ3v) is 2.02. The van der Waals surface area contributed by atoms with Crippen molar-refractivity contribution in [3.8, 4) is 0 Å². The Bertz CT molecular complexity index is 460. The zero-order chi connectivity index (χ0) is 9.26. The number of hydrogen-bond acceptors (Lipinski definition) is 1. The molecule has 0 fully saturated rings. The normalized spacial score (nSPS) is 9.43. The van der Waals surface area contributed by atoms with Crippen molar-refractivity contribution in [3.63, 3.8) is 0 Å². The van der Waals surface area contributed by atoms with Gasteiger partial charge in [0.05, 0.1) is 5.56 Å². The second kappa shape index (κ2) is 4.34. The van der Waals surface area contributed by atoms with E-state index in [4.69, 9.17) is 5.11 Å². The van der Waals surface area contributed by atoms with Crippen LogP contribution in [0.1, 0.15) is 10.4 Å². The molecule has 0 atom stereocenters. The van der Waals surface area contributed by atoms with Crippen LogP contribution < -0.4 is 0 Å². The summed E-state index contributed by atoms with van der Waals surface area (Å²) in [5.41, 5.74) is 0.359. The molecule has 0 aliphatic carbocycles. The summed E-state index contributed by atoms with van der Waals surface area (Å²) < 4.78 is 0. The topological polar surface area (TPSA) is 37.3 Å². The minimum absolute atomic E-state index is 0. The van der Waals surface area contributed by atoms with E-state index >= 15 is 0 Å². The third kappa shape index (κ3) is 1.83. The molecule has 2 nitrogen and oxygen atoms in total. The Balaban J connectivity index is 0.000000980. The molecule has 0 heterocycles. The second-order valence-corrected chi connectivity index (χ2v) is 2.83. The van der Waals surface area contributed by atoms with Crippen molar-refractivity contribution < 1.29 is 29.4 Å². The van der Waals surface area contributed by atoms with Crippen molar-refractivity contribution in [2.75, 3.05) is 0 Å². The predicted molar refractivity (Wildman–Crippen MR) is 50.9 cm³/mol. The zero-order valence-electron chi connectivity index (χ0n) is 7.60. The fourth-order valence-electron chi connectivity index (χ4n) is 1.41. The van der Waals surface area contributed by atoms with Gasteiger partial charge in [-0.3, -0.25) is 0 Å². The standard InChI is InChI=1S/C11H8O2.Zn/c12-11(13)10-7-3-5-8-4-1-2-6-9(8)10;/h1-7H,(H,12,13);. The second-order valence-electron chi connectivity index (χ2n) is 2.83. The number of aromatic carboxylic acids is 1. The molecule has 0 bridgehead atoms. The molecule has 2 aromatic carbocycles. The van der Waals surface area contributed by atoms with Crippen LogP contribution in [-0.2, 0) is 19.5 Å². The average Bonchev–Trinajstić information content (AvgIpc) is 2.17. The van der Waals surface area contributed by atoms with E-state index in [1.807, 2.05) is 30.3 Å². The summed E-state index contributed by atoms with van der Waals surface area (Å²) >= 11 is 0. The maximum Gasteiger partial charge on any atom is 0.336 e. The van der Waals surface area contributed by atoms with Gasteiger partial charge in [0.1, 0.15) is 0 Å². The van der Waals surface area contributed by atoms with Gasteiger partial charge in [-0.15, -0.1) is 0 Å². The van der Waals surface area contributed by atoms with Crippen LogP contribution in [0.4, 0.5) is 0 Å². The summed E-state index contributed by atoms with van der Waals surface area (Å²) in [5, 5.41) is 10.6. The van der Waals surface area contributed by atoms with Crippen LogP contribution in [0.25, 0.3) is 10.8 Å². The fraction of sp³-hybridized carbons (Fsp3) is 0. The van der Waals surface area contributed by atoms with Crippen LogP contribution in [0, 0.1) is 0 Å². The van der Waals surface area contributed by atoms with Gasteiger partial charge in [-0.25, -0.2) is 4.79 Å². The van der Waals surface area contributed by atoms with E-state index in [-0.39, 0.29) is 19.5 Å². The molecule has 3 heteroatoms. The number of carboxylic acids is 1. The molecule has 0 spiro atoms. The van der Waals surface area contributed by atoms with E-state index in [0.29, 0.717) is 5.56 Å². The molecule has 66 valence electrons. The monoisotopic (exact) mass is 236 g/mol. The first-order valence-electron chi connectivity index (χ1n) is 4.00.